The minimum Gasteiger partial charge on any atom is -0.494 e. The Morgan fingerprint density at radius 3 is 2.54 bits per heavy atom. The molecule has 0 unspecified atom stereocenters. The summed E-state index contributed by atoms with van der Waals surface area (Å²) in [6.45, 7) is 10.2. The van der Waals surface area contributed by atoms with Gasteiger partial charge in [-0.05, 0) is 45.4 Å². The second-order valence-corrected chi connectivity index (χ2v) is 8.27. The zero-order valence-corrected chi connectivity index (χ0v) is 17.4. The molecule has 0 aliphatic carbocycles. The molecular weight excluding hydrogens is 376 g/mol. The molecule has 28 heavy (non-hydrogen) atoms. The minimum absolute atomic E-state index is 0.0988. The maximum Gasteiger partial charge on any atom is 0.230 e. The van der Waals surface area contributed by atoms with Crippen LogP contribution in [0.25, 0.3) is 4.96 Å². The molecule has 0 bridgehead atoms. The van der Waals surface area contributed by atoms with Gasteiger partial charge in [0.2, 0.25) is 10.8 Å². The van der Waals surface area contributed by atoms with Crippen LogP contribution in [0.1, 0.15) is 43.1 Å². The van der Waals surface area contributed by atoms with Crippen LogP contribution in [0.3, 0.4) is 0 Å². The lowest BCUT2D eigenvalue weighted by molar-refractivity contribution is -0.0764. The van der Waals surface area contributed by atoms with Crippen LogP contribution in [-0.4, -0.2) is 56.5 Å². The Morgan fingerprint density at radius 1 is 1.25 bits per heavy atom. The maximum atomic E-state index is 10.9. The highest BCUT2D eigenvalue weighted by molar-refractivity contribution is 7.17. The molecule has 3 atom stereocenters. The molecule has 0 amide bonds. The predicted molar refractivity (Wildman–Crippen MR) is 108 cm³/mol. The van der Waals surface area contributed by atoms with Gasteiger partial charge in [-0.3, -0.25) is 4.90 Å². The standard InChI is InChI=1S/C20H26N4O3S/c1-5-26-16-8-6-15(7-9-16)17(23-10-12(2)27-13(3)11-23)18-19(25)24-20(28-18)21-14(4)22-24/h6-9,12-13,17,25H,5,10-11H2,1-4H3/t12-,13-,17+/m1/s1. The Morgan fingerprint density at radius 2 is 1.93 bits per heavy atom. The Hall–Kier alpha value is -2.16. The Labute approximate surface area is 168 Å². The number of thiazole rings is 1. The van der Waals surface area contributed by atoms with Gasteiger partial charge >= 0.3 is 0 Å². The van der Waals surface area contributed by atoms with Crippen LogP contribution in [0.2, 0.25) is 0 Å². The molecule has 0 radical (unpaired) electrons. The smallest absolute Gasteiger partial charge is 0.230 e. The molecule has 1 saturated heterocycles. The van der Waals surface area contributed by atoms with Crippen molar-refractivity contribution in [2.45, 2.75) is 45.9 Å². The molecule has 3 heterocycles. The molecule has 0 spiro atoms. The zero-order valence-electron chi connectivity index (χ0n) is 16.6. The van der Waals surface area contributed by atoms with Crippen LogP contribution < -0.4 is 4.74 Å². The number of aromatic hydroxyl groups is 1. The van der Waals surface area contributed by atoms with Crippen molar-refractivity contribution in [3.05, 3.63) is 40.5 Å². The average molecular weight is 403 g/mol. The number of rotatable bonds is 5. The minimum atomic E-state index is -0.0988. The maximum absolute atomic E-state index is 10.9. The molecule has 7 nitrogen and oxygen atoms in total. The SMILES string of the molecule is CCOc1ccc([C@@H](c2sc3nc(C)nn3c2O)N2C[C@@H](C)O[C@H](C)C2)cc1. The van der Waals surface area contributed by atoms with E-state index in [-0.39, 0.29) is 24.1 Å². The van der Waals surface area contributed by atoms with E-state index in [1.807, 2.05) is 26.0 Å². The molecule has 1 aliphatic rings. The summed E-state index contributed by atoms with van der Waals surface area (Å²) in [5.74, 6) is 1.65. The van der Waals surface area contributed by atoms with Gasteiger partial charge < -0.3 is 14.6 Å². The van der Waals surface area contributed by atoms with Gasteiger partial charge in [0.15, 0.2) is 0 Å². The van der Waals surface area contributed by atoms with E-state index < -0.39 is 0 Å². The third kappa shape index (κ3) is 3.59. The lowest BCUT2D eigenvalue weighted by Gasteiger charge is -2.40. The van der Waals surface area contributed by atoms with Crippen molar-refractivity contribution < 1.29 is 14.6 Å². The fraction of sp³-hybridized carbons (Fsp3) is 0.500. The fourth-order valence-corrected chi connectivity index (χ4v) is 5.06. The lowest BCUT2D eigenvalue weighted by atomic mass is 10.0. The molecule has 4 rings (SSSR count). The third-order valence-corrected chi connectivity index (χ3v) is 5.95. The van der Waals surface area contributed by atoms with Crippen LogP contribution in [-0.2, 0) is 4.74 Å². The van der Waals surface area contributed by atoms with Crippen molar-refractivity contribution in [2.75, 3.05) is 19.7 Å². The summed E-state index contributed by atoms with van der Waals surface area (Å²) >= 11 is 1.48. The highest BCUT2D eigenvalue weighted by atomic mass is 32.1. The van der Waals surface area contributed by atoms with Crippen molar-refractivity contribution in [3.8, 4) is 11.6 Å². The van der Waals surface area contributed by atoms with Crippen LogP contribution in [0.4, 0.5) is 0 Å². The van der Waals surface area contributed by atoms with E-state index in [1.54, 1.807) is 0 Å². The molecule has 1 aromatic carbocycles. The molecule has 2 aromatic heterocycles. The molecule has 150 valence electrons. The summed E-state index contributed by atoms with van der Waals surface area (Å²) in [4.78, 5) is 8.35. The first-order valence-corrected chi connectivity index (χ1v) is 10.4. The predicted octanol–water partition coefficient (Wildman–Crippen LogP) is 3.40. The molecule has 8 heteroatoms. The second kappa shape index (κ2) is 7.69. The van der Waals surface area contributed by atoms with Crippen molar-refractivity contribution in [1.82, 2.24) is 19.5 Å². The molecule has 3 aromatic rings. The quantitative estimate of drug-likeness (QED) is 0.705. The second-order valence-electron chi connectivity index (χ2n) is 7.26. The summed E-state index contributed by atoms with van der Waals surface area (Å²) in [6.07, 6.45) is 0.251. The molecule has 1 fully saturated rings. The summed E-state index contributed by atoms with van der Waals surface area (Å²) in [6, 6.07) is 8.01. The van der Waals surface area contributed by atoms with Crippen molar-refractivity contribution in [1.29, 1.82) is 0 Å². The first kappa shape index (κ1) is 19.2. The van der Waals surface area contributed by atoms with E-state index in [2.05, 4.69) is 41.0 Å². The summed E-state index contributed by atoms with van der Waals surface area (Å²) in [5.41, 5.74) is 1.10. The summed E-state index contributed by atoms with van der Waals surface area (Å²) in [7, 11) is 0. The monoisotopic (exact) mass is 402 g/mol. The van der Waals surface area contributed by atoms with Crippen LogP contribution >= 0.6 is 11.3 Å². The number of benzene rings is 1. The Kier molecular flexibility index (Phi) is 5.27. The highest BCUT2D eigenvalue weighted by Gasteiger charge is 2.34. The Bertz CT molecular complexity index is 942. The topological polar surface area (TPSA) is 72.1 Å². The van der Waals surface area contributed by atoms with Gasteiger partial charge in [-0.2, -0.15) is 4.52 Å². The Balaban J connectivity index is 1.78. The van der Waals surface area contributed by atoms with Gasteiger partial charge in [-0.25, -0.2) is 4.98 Å². The molecule has 1 N–H and O–H groups in total. The number of hydrogen-bond acceptors (Lipinski definition) is 7. The highest BCUT2D eigenvalue weighted by Crippen LogP contribution is 2.41. The summed E-state index contributed by atoms with van der Waals surface area (Å²) < 4.78 is 13.1. The number of nitrogens with zero attached hydrogens (tertiary/aromatic N) is 4. The van der Waals surface area contributed by atoms with Gasteiger partial charge in [0.1, 0.15) is 11.6 Å². The lowest BCUT2D eigenvalue weighted by Crippen LogP contribution is -2.47. The van der Waals surface area contributed by atoms with Crippen LogP contribution in [0.5, 0.6) is 11.6 Å². The van der Waals surface area contributed by atoms with Crippen LogP contribution in [0.15, 0.2) is 24.3 Å². The van der Waals surface area contributed by atoms with Crippen molar-refractivity contribution >= 4 is 16.3 Å². The van der Waals surface area contributed by atoms with Crippen molar-refractivity contribution in [3.63, 3.8) is 0 Å². The molecule has 0 saturated carbocycles. The van der Waals surface area contributed by atoms with Gasteiger partial charge in [-0.1, -0.05) is 23.5 Å². The first-order chi connectivity index (χ1) is 13.5. The number of ether oxygens (including phenoxy) is 2. The van der Waals surface area contributed by atoms with E-state index in [9.17, 15) is 5.11 Å². The molecule has 1 aliphatic heterocycles. The number of morpholine rings is 1. The van der Waals surface area contributed by atoms with Crippen molar-refractivity contribution in [2.24, 2.45) is 0 Å². The van der Waals surface area contributed by atoms with E-state index in [1.165, 1.54) is 15.9 Å². The van der Waals surface area contributed by atoms with Gasteiger partial charge in [0.05, 0.1) is 29.7 Å². The average Bonchev–Trinajstić information content (AvgIpc) is 3.14. The molecular formula is C20H26N4O3S. The van der Waals surface area contributed by atoms with Gasteiger partial charge in [0, 0.05) is 13.1 Å². The fourth-order valence-electron chi connectivity index (χ4n) is 3.90. The van der Waals surface area contributed by atoms with Gasteiger partial charge in [0.25, 0.3) is 0 Å². The normalized spacial score (nSPS) is 21.9. The third-order valence-electron chi connectivity index (χ3n) is 4.87. The van der Waals surface area contributed by atoms with Crippen LogP contribution in [0, 0.1) is 6.92 Å². The summed E-state index contributed by atoms with van der Waals surface area (Å²) in [5, 5.41) is 15.2. The zero-order chi connectivity index (χ0) is 19.8. The first-order valence-electron chi connectivity index (χ1n) is 9.63. The largest absolute Gasteiger partial charge is 0.494 e. The van der Waals surface area contributed by atoms with E-state index >= 15 is 0 Å². The number of hydrogen-bond donors (Lipinski definition) is 1. The number of aromatic nitrogens is 3. The van der Waals surface area contributed by atoms with Gasteiger partial charge in [-0.15, -0.1) is 5.10 Å². The number of aryl methyl sites for hydroxylation is 1. The van der Waals surface area contributed by atoms with E-state index in [4.69, 9.17) is 9.47 Å². The number of fused-ring (bicyclic) bond motifs is 1. The van der Waals surface area contributed by atoms with E-state index in [0.29, 0.717) is 17.4 Å². The van der Waals surface area contributed by atoms with E-state index in [0.717, 1.165) is 29.3 Å².